The third kappa shape index (κ3) is 4.39. The first-order valence-corrected chi connectivity index (χ1v) is 9.85. The highest BCUT2D eigenvalue weighted by atomic mass is 19.4. The molecule has 1 amide bonds. The second-order valence-corrected chi connectivity index (χ2v) is 7.96. The van der Waals surface area contributed by atoms with Crippen molar-refractivity contribution in [3.05, 3.63) is 53.6 Å². The Morgan fingerprint density at radius 1 is 1.21 bits per heavy atom. The number of rotatable bonds is 7. The monoisotopic (exact) mass is 391 g/mol. The second-order valence-electron chi connectivity index (χ2n) is 7.96. The molecular weight excluding hydrogens is 367 g/mol. The third-order valence-corrected chi connectivity index (χ3v) is 5.68. The van der Waals surface area contributed by atoms with Crippen molar-refractivity contribution < 1.29 is 18.0 Å². The van der Waals surface area contributed by atoms with Crippen molar-refractivity contribution in [2.45, 2.75) is 51.4 Å². The molecule has 1 aromatic heterocycles. The van der Waals surface area contributed by atoms with Gasteiger partial charge in [0.25, 0.3) is 0 Å². The van der Waals surface area contributed by atoms with Crippen molar-refractivity contribution >= 4 is 5.91 Å². The summed E-state index contributed by atoms with van der Waals surface area (Å²) in [6.45, 7) is 1.47. The fraction of sp³-hybridized carbons (Fsp3) is 0.524. The van der Waals surface area contributed by atoms with Crippen molar-refractivity contribution in [1.29, 1.82) is 0 Å². The van der Waals surface area contributed by atoms with Crippen LogP contribution in [0.3, 0.4) is 0 Å². The fourth-order valence-electron chi connectivity index (χ4n) is 3.61. The average Bonchev–Trinajstić information content (AvgIpc) is 3.31. The first-order chi connectivity index (χ1) is 13.4. The molecule has 2 fully saturated rings. The fourth-order valence-corrected chi connectivity index (χ4v) is 3.61. The lowest BCUT2D eigenvalue weighted by Crippen LogP contribution is -2.40. The van der Waals surface area contributed by atoms with Gasteiger partial charge in [0.1, 0.15) is 5.82 Å². The molecule has 4 rings (SSSR count). The van der Waals surface area contributed by atoms with Gasteiger partial charge in [-0.2, -0.15) is 13.2 Å². The number of carbonyl (C=O) groups is 1. The standard InChI is InChI=1S/C21H24F3N3O/c22-21(23,24)18-6-1-3-16(11-18)13-26-10-9-25-19(26)14-27(12-15-7-8-15)20(28)17-4-2-5-17/h1,3,6,9-11,15,17H,2,4-5,7-8,12-14H2. The van der Waals surface area contributed by atoms with Gasteiger partial charge >= 0.3 is 6.18 Å². The van der Waals surface area contributed by atoms with Gasteiger partial charge in [0.05, 0.1) is 12.1 Å². The van der Waals surface area contributed by atoms with Crippen LogP contribution in [0.15, 0.2) is 36.7 Å². The molecule has 1 aromatic carbocycles. The maximum absolute atomic E-state index is 13.0. The Morgan fingerprint density at radius 3 is 2.64 bits per heavy atom. The van der Waals surface area contributed by atoms with Gasteiger partial charge in [0.15, 0.2) is 0 Å². The van der Waals surface area contributed by atoms with Crippen LogP contribution in [-0.2, 0) is 24.1 Å². The third-order valence-electron chi connectivity index (χ3n) is 5.68. The van der Waals surface area contributed by atoms with Crippen LogP contribution in [0, 0.1) is 11.8 Å². The first-order valence-electron chi connectivity index (χ1n) is 9.85. The van der Waals surface area contributed by atoms with Gasteiger partial charge in [-0.25, -0.2) is 4.98 Å². The molecule has 2 aliphatic rings. The van der Waals surface area contributed by atoms with E-state index in [9.17, 15) is 18.0 Å². The number of benzene rings is 1. The van der Waals surface area contributed by atoms with Gasteiger partial charge in [-0.15, -0.1) is 0 Å². The SMILES string of the molecule is O=C(C1CCC1)N(Cc1nccn1Cc1cccc(C(F)(F)F)c1)CC1CC1. The Labute approximate surface area is 162 Å². The second kappa shape index (κ2) is 7.60. The highest BCUT2D eigenvalue weighted by molar-refractivity contribution is 5.79. The van der Waals surface area contributed by atoms with Crippen LogP contribution in [0.4, 0.5) is 13.2 Å². The van der Waals surface area contributed by atoms with E-state index in [-0.39, 0.29) is 11.8 Å². The van der Waals surface area contributed by atoms with Gasteiger partial charge < -0.3 is 9.47 Å². The number of alkyl halides is 3. The lowest BCUT2D eigenvalue weighted by atomic mass is 9.84. The van der Waals surface area contributed by atoms with E-state index in [1.54, 1.807) is 18.5 Å². The Bertz CT molecular complexity index is 837. The van der Waals surface area contributed by atoms with Crippen LogP contribution in [0.25, 0.3) is 0 Å². The molecule has 0 radical (unpaired) electrons. The summed E-state index contributed by atoms with van der Waals surface area (Å²) < 4.78 is 40.7. The van der Waals surface area contributed by atoms with E-state index in [0.717, 1.165) is 44.7 Å². The minimum absolute atomic E-state index is 0.130. The molecule has 0 spiro atoms. The summed E-state index contributed by atoms with van der Waals surface area (Å²) in [7, 11) is 0. The predicted molar refractivity (Wildman–Crippen MR) is 98.3 cm³/mol. The van der Waals surface area contributed by atoms with Crippen molar-refractivity contribution in [1.82, 2.24) is 14.5 Å². The van der Waals surface area contributed by atoms with Crippen LogP contribution in [0.2, 0.25) is 0 Å². The number of amides is 1. The Balaban J connectivity index is 1.49. The van der Waals surface area contributed by atoms with Crippen LogP contribution in [-0.4, -0.2) is 26.9 Å². The lowest BCUT2D eigenvalue weighted by Gasteiger charge is -2.31. The summed E-state index contributed by atoms with van der Waals surface area (Å²) >= 11 is 0. The Kier molecular flexibility index (Phi) is 5.17. The zero-order chi connectivity index (χ0) is 19.7. The van der Waals surface area contributed by atoms with E-state index < -0.39 is 11.7 Å². The zero-order valence-corrected chi connectivity index (χ0v) is 15.7. The van der Waals surface area contributed by atoms with E-state index in [2.05, 4.69) is 4.98 Å². The summed E-state index contributed by atoms with van der Waals surface area (Å²) in [5.41, 5.74) is -0.0877. The molecule has 0 bridgehead atoms. The number of carbonyl (C=O) groups excluding carboxylic acids is 1. The molecule has 0 saturated heterocycles. The van der Waals surface area contributed by atoms with Gasteiger partial charge in [0, 0.05) is 31.4 Å². The molecule has 2 aliphatic carbocycles. The molecule has 28 heavy (non-hydrogen) atoms. The van der Waals surface area contributed by atoms with E-state index in [4.69, 9.17) is 0 Å². The van der Waals surface area contributed by atoms with Crippen molar-refractivity contribution in [2.24, 2.45) is 11.8 Å². The maximum Gasteiger partial charge on any atom is 0.416 e. The minimum atomic E-state index is -4.36. The van der Waals surface area contributed by atoms with E-state index in [1.165, 1.54) is 12.1 Å². The zero-order valence-electron chi connectivity index (χ0n) is 15.7. The highest BCUT2D eigenvalue weighted by Crippen LogP contribution is 2.34. The molecule has 150 valence electrons. The number of imidazole rings is 1. The first kappa shape index (κ1) is 19.0. The number of hydrogen-bond donors (Lipinski definition) is 0. The molecule has 0 N–H and O–H groups in total. The van der Waals surface area contributed by atoms with E-state index in [1.807, 2.05) is 9.47 Å². The molecule has 7 heteroatoms. The van der Waals surface area contributed by atoms with Crippen LogP contribution >= 0.6 is 0 Å². The van der Waals surface area contributed by atoms with Crippen LogP contribution in [0.1, 0.15) is 49.1 Å². The number of halogens is 3. The Hall–Kier alpha value is -2.31. The maximum atomic E-state index is 13.0. The van der Waals surface area contributed by atoms with E-state index in [0.29, 0.717) is 30.4 Å². The number of nitrogens with zero attached hydrogens (tertiary/aromatic N) is 3. The molecule has 2 aromatic rings. The molecular formula is C21H24F3N3O. The van der Waals surface area contributed by atoms with Crippen molar-refractivity contribution in [2.75, 3.05) is 6.54 Å². The molecule has 2 saturated carbocycles. The predicted octanol–water partition coefficient (Wildman–Crippen LogP) is 4.49. The minimum Gasteiger partial charge on any atom is -0.335 e. The topological polar surface area (TPSA) is 38.1 Å². The lowest BCUT2D eigenvalue weighted by molar-refractivity contribution is -0.139. The summed E-state index contributed by atoms with van der Waals surface area (Å²) in [5.74, 6) is 1.62. The van der Waals surface area contributed by atoms with E-state index >= 15 is 0 Å². The molecule has 4 nitrogen and oxygen atoms in total. The van der Waals surface area contributed by atoms with Crippen molar-refractivity contribution in [3.63, 3.8) is 0 Å². The summed E-state index contributed by atoms with van der Waals surface area (Å²) in [4.78, 5) is 19.1. The van der Waals surface area contributed by atoms with Crippen LogP contribution in [0.5, 0.6) is 0 Å². The molecule has 0 unspecified atom stereocenters. The number of hydrogen-bond acceptors (Lipinski definition) is 2. The number of aromatic nitrogens is 2. The molecule has 1 heterocycles. The summed E-state index contributed by atoms with van der Waals surface area (Å²) in [6, 6.07) is 5.35. The Morgan fingerprint density at radius 2 is 2.00 bits per heavy atom. The van der Waals surface area contributed by atoms with Gasteiger partial charge in [-0.1, -0.05) is 18.6 Å². The molecule has 0 aliphatic heterocycles. The van der Waals surface area contributed by atoms with Gasteiger partial charge in [-0.05, 0) is 49.3 Å². The highest BCUT2D eigenvalue weighted by Gasteiger charge is 2.34. The van der Waals surface area contributed by atoms with Gasteiger partial charge in [-0.3, -0.25) is 4.79 Å². The smallest absolute Gasteiger partial charge is 0.335 e. The van der Waals surface area contributed by atoms with Crippen molar-refractivity contribution in [3.8, 4) is 0 Å². The molecule has 0 atom stereocenters. The quantitative estimate of drug-likeness (QED) is 0.698. The normalized spacial score (nSPS) is 17.4. The summed E-state index contributed by atoms with van der Waals surface area (Å²) in [6.07, 6.45) is 4.39. The van der Waals surface area contributed by atoms with Gasteiger partial charge in [0.2, 0.25) is 5.91 Å². The average molecular weight is 391 g/mol. The largest absolute Gasteiger partial charge is 0.416 e. The van der Waals surface area contributed by atoms with Crippen LogP contribution < -0.4 is 0 Å². The summed E-state index contributed by atoms with van der Waals surface area (Å²) in [5, 5.41) is 0.